The second-order valence-corrected chi connectivity index (χ2v) is 5.50. The third-order valence-corrected chi connectivity index (χ3v) is 3.67. The van der Waals surface area contributed by atoms with Gasteiger partial charge in [-0.3, -0.25) is 4.79 Å². The van der Waals surface area contributed by atoms with E-state index >= 15 is 0 Å². The molecular weight excluding hydrogens is 370 g/mol. The van der Waals surface area contributed by atoms with Crippen LogP contribution in [0.5, 0.6) is 0 Å². The van der Waals surface area contributed by atoms with Gasteiger partial charge in [0.25, 0.3) is 0 Å². The van der Waals surface area contributed by atoms with Crippen LogP contribution < -0.4 is 0 Å². The summed E-state index contributed by atoms with van der Waals surface area (Å²) in [6.45, 7) is 0. The van der Waals surface area contributed by atoms with Crippen molar-refractivity contribution in [2.24, 2.45) is 0 Å². The van der Waals surface area contributed by atoms with Gasteiger partial charge in [-0.2, -0.15) is 0 Å². The summed E-state index contributed by atoms with van der Waals surface area (Å²) in [6, 6.07) is 12.1. The Kier molecular flexibility index (Phi) is 4.07. The molecule has 0 aliphatic heterocycles. The van der Waals surface area contributed by atoms with Crippen LogP contribution in [0.25, 0.3) is 0 Å². The zero-order valence-corrected chi connectivity index (χ0v) is 12.3. The molecule has 17 heavy (non-hydrogen) atoms. The molecule has 0 atom stereocenters. The third kappa shape index (κ3) is 3.00. The van der Waals surface area contributed by atoms with E-state index in [1.807, 2.05) is 6.07 Å². The quantitative estimate of drug-likeness (QED) is 0.542. The Morgan fingerprint density at radius 3 is 2.41 bits per heavy atom. The highest BCUT2D eigenvalue weighted by molar-refractivity contribution is 14.1. The molecule has 0 bridgehead atoms. The first-order valence-corrected chi connectivity index (χ1v) is 6.67. The van der Waals surface area contributed by atoms with E-state index in [9.17, 15) is 4.79 Å². The topological polar surface area (TPSA) is 17.1 Å². The number of hydrogen-bond acceptors (Lipinski definition) is 1. The van der Waals surface area contributed by atoms with Crippen LogP contribution in [-0.4, -0.2) is 5.78 Å². The van der Waals surface area contributed by atoms with Gasteiger partial charge in [-0.05, 0) is 52.9 Å². The number of hydrogen-bond donors (Lipinski definition) is 0. The standard InChI is InChI=1S/C13H7Cl2IO/c14-9-3-1-2-8(6-9)13(17)11-7-10(15)4-5-12(11)16/h1-7H. The largest absolute Gasteiger partial charge is 0.289 e. The molecule has 2 aromatic rings. The third-order valence-electron chi connectivity index (χ3n) is 2.26. The lowest BCUT2D eigenvalue weighted by atomic mass is 10.0. The molecular formula is C13H7Cl2IO. The summed E-state index contributed by atoms with van der Waals surface area (Å²) in [5.41, 5.74) is 1.16. The average molecular weight is 377 g/mol. The summed E-state index contributed by atoms with van der Waals surface area (Å²) < 4.78 is 0.872. The molecule has 0 saturated heterocycles. The Hall–Kier alpha value is -0.580. The fraction of sp³-hybridized carbons (Fsp3) is 0. The van der Waals surface area contributed by atoms with Crippen molar-refractivity contribution in [2.75, 3.05) is 0 Å². The fourth-order valence-corrected chi connectivity index (χ4v) is 2.40. The molecule has 0 N–H and O–H groups in total. The maximum atomic E-state index is 12.2. The smallest absolute Gasteiger partial charge is 0.194 e. The van der Waals surface area contributed by atoms with E-state index in [0.29, 0.717) is 21.2 Å². The zero-order valence-electron chi connectivity index (χ0n) is 8.58. The minimum Gasteiger partial charge on any atom is -0.289 e. The lowest BCUT2D eigenvalue weighted by molar-refractivity contribution is 0.103. The number of halogens is 3. The van der Waals surface area contributed by atoms with Crippen molar-refractivity contribution in [3.05, 3.63) is 67.2 Å². The van der Waals surface area contributed by atoms with Gasteiger partial charge in [-0.25, -0.2) is 0 Å². The first kappa shape index (κ1) is 12.9. The SMILES string of the molecule is O=C(c1cccc(Cl)c1)c1cc(Cl)ccc1I. The van der Waals surface area contributed by atoms with E-state index in [1.165, 1.54) is 0 Å². The molecule has 86 valence electrons. The van der Waals surface area contributed by atoms with E-state index in [0.717, 1.165) is 3.57 Å². The minimum absolute atomic E-state index is 0.0700. The molecule has 2 rings (SSSR count). The van der Waals surface area contributed by atoms with Crippen molar-refractivity contribution in [1.82, 2.24) is 0 Å². The molecule has 0 aliphatic rings. The predicted molar refractivity (Wildman–Crippen MR) is 79.1 cm³/mol. The highest BCUT2D eigenvalue weighted by Crippen LogP contribution is 2.22. The van der Waals surface area contributed by atoms with Crippen molar-refractivity contribution in [2.45, 2.75) is 0 Å². The molecule has 0 heterocycles. The maximum absolute atomic E-state index is 12.2. The van der Waals surface area contributed by atoms with Crippen molar-refractivity contribution in [1.29, 1.82) is 0 Å². The van der Waals surface area contributed by atoms with Gasteiger partial charge in [-0.1, -0.05) is 35.3 Å². The Labute approximate surface area is 123 Å². The first-order valence-electron chi connectivity index (χ1n) is 4.83. The predicted octanol–water partition coefficient (Wildman–Crippen LogP) is 4.83. The van der Waals surface area contributed by atoms with Crippen LogP contribution in [0.3, 0.4) is 0 Å². The maximum Gasteiger partial charge on any atom is 0.194 e. The van der Waals surface area contributed by atoms with Gasteiger partial charge in [0.15, 0.2) is 5.78 Å². The van der Waals surface area contributed by atoms with Crippen LogP contribution in [0.15, 0.2) is 42.5 Å². The second kappa shape index (κ2) is 5.38. The summed E-state index contributed by atoms with van der Waals surface area (Å²) in [6.07, 6.45) is 0. The van der Waals surface area contributed by atoms with Crippen LogP contribution >= 0.6 is 45.8 Å². The lowest BCUT2D eigenvalue weighted by Crippen LogP contribution is -2.03. The second-order valence-electron chi connectivity index (χ2n) is 3.46. The lowest BCUT2D eigenvalue weighted by Gasteiger charge is -2.05. The number of carbonyl (C=O) groups excluding carboxylic acids is 1. The molecule has 0 spiro atoms. The van der Waals surface area contributed by atoms with Crippen LogP contribution in [0.4, 0.5) is 0 Å². The molecule has 2 aromatic carbocycles. The first-order chi connectivity index (χ1) is 8.08. The number of benzene rings is 2. The highest BCUT2D eigenvalue weighted by atomic mass is 127. The van der Waals surface area contributed by atoms with Gasteiger partial charge in [-0.15, -0.1) is 0 Å². The Balaban J connectivity index is 2.47. The molecule has 1 nitrogen and oxygen atoms in total. The monoisotopic (exact) mass is 376 g/mol. The van der Waals surface area contributed by atoms with E-state index in [1.54, 1.807) is 36.4 Å². The molecule has 0 saturated carbocycles. The Morgan fingerprint density at radius 1 is 1.00 bits per heavy atom. The zero-order chi connectivity index (χ0) is 12.4. The van der Waals surface area contributed by atoms with Gasteiger partial charge in [0.05, 0.1) is 0 Å². The van der Waals surface area contributed by atoms with Gasteiger partial charge < -0.3 is 0 Å². The van der Waals surface area contributed by atoms with Crippen molar-refractivity contribution >= 4 is 51.6 Å². The molecule has 0 fully saturated rings. The van der Waals surface area contributed by atoms with E-state index < -0.39 is 0 Å². The molecule has 0 unspecified atom stereocenters. The van der Waals surface area contributed by atoms with Crippen LogP contribution in [0, 0.1) is 3.57 Å². The number of carbonyl (C=O) groups is 1. The van der Waals surface area contributed by atoms with E-state index in [4.69, 9.17) is 23.2 Å². The molecule has 4 heteroatoms. The van der Waals surface area contributed by atoms with Crippen molar-refractivity contribution in [3.8, 4) is 0 Å². The summed E-state index contributed by atoms with van der Waals surface area (Å²) >= 11 is 13.9. The summed E-state index contributed by atoms with van der Waals surface area (Å²) in [4.78, 5) is 12.2. The molecule has 0 radical (unpaired) electrons. The summed E-state index contributed by atoms with van der Waals surface area (Å²) in [5.74, 6) is -0.0700. The molecule has 0 amide bonds. The Bertz CT molecular complexity index is 581. The van der Waals surface area contributed by atoms with Crippen LogP contribution in [-0.2, 0) is 0 Å². The molecule has 0 aliphatic carbocycles. The fourth-order valence-electron chi connectivity index (χ4n) is 1.46. The molecule has 0 aromatic heterocycles. The number of ketones is 1. The van der Waals surface area contributed by atoms with Crippen LogP contribution in [0.2, 0.25) is 10.0 Å². The highest BCUT2D eigenvalue weighted by Gasteiger charge is 2.13. The van der Waals surface area contributed by atoms with Crippen molar-refractivity contribution in [3.63, 3.8) is 0 Å². The summed E-state index contributed by atoms with van der Waals surface area (Å²) in [7, 11) is 0. The minimum atomic E-state index is -0.0700. The summed E-state index contributed by atoms with van der Waals surface area (Å²) in [5, 5.41) is 1.10. The Morgan fingerprint density at radius 2 is 1.71 bits per heavy atom. The average Bonchev–Trinajstić information content (AvgIpc) is 2.31. The van der Waals surface area contributed by atoms with Gasteiger partial charge in [0.1, 0.15) is 0 Å². The van der Waals surface area contributed by atoms with E-state index in [2.05, 4.69) is 22.6 Å². The van der Waals surface area contributed by atoms with Crippen LogP contribution in [0.1, 0.15) is 15.9 Å². The van der Waals surface area contributed by atoms with Gasteiger partial charge >= 0.3 is 0 Å². The van der Waals surface area contributed by atoms with Gasteiger partial charge in [0.2, 0.25) is 0 Å². The number of rotatable bonds is 2. The normalized spacial score (nSPS) is 10.3. The van der Waals surface area contributed by atoms with Gasteiger partial charge in [0, 0.05) is 24.7 Å². The van der Waals surface area contributed by atoms with Crippen molar-refractivity contribution < 1.29 is 4.79 Å². The van der Waals surface area contributed by atoms with E-state index in [-0.39, 0.29) is 5.78 Å².